The summed E-state index contributed by atoms with van der Waals surface area (Å²) in [6.07, 6.45) is 9.09. The lowest BCUT2D eigenvalue weighted by molar-refractivity contribution is -0.146. The van der Waals surface area contributed by atoms with Crippen molar-refractivity contribution in [3.8, 4) is 0 Å². The number of methoxy groups -OCH3 is 1. The highest BCUT2D eigenvalue weighted by atomic mass is 32.2. The number of benzene rings is 2. The van der Waals surface area contributed by atoms with E-state index in [1.807, 2.05) is 6.07 Å². The van der Waals surface area contributed by atoms with Gasteiger partial charge in [-0.25, -0.2) is 26.3 Å². The van der Waals surface area contributed by atoms with Gasteiger partial charge in [0.1, 0.15) is 0 Å². The number of anilines is 1. The van der Waals surface area contributed by atoms with Gasteiger partial charge < -0.3 is 24.9 Å². The van der Waals surface area contributed by atoms with E-state index in [9.17, 15) is 31.2 Å². The minimum atomic E-state index is -3.65. The predicted octanol–water partition coefficient (Wildman–Crippen LogP) is 4.08. The molecule has 3 heterocycles. The summed E-state index contributed by atoms with van der Waals surface area (Å²) >= 11 is 0. The highest BCUT2D eigenvalue weighted by molar-refractivity contribution is 7.89. The van der Waals surface area contributed by atoms with Crippen LogP contribution in [0.1, 0.15) is 69.8 Å². The van der Waals surface area contributed by atoms with Gasteiger partial charge in [0.25, 0.3) is 0 Å². The van der Waals surface area contributed by atoms with E-state index in [1.54, 1.807) is 30.5 Å². The van der Waals surface area contributed by atoms with Crippen molar-refractivity contribution in [1.29, 1.82) is 0 Å². The van der Waals surface area contributed by atoms with Gasteiger partial charge in [-0.2, -0.15) is 0 Å². The number of amides is 1. The average molecular weight is 747 g/mol. The molecule has 2 saturated carbocycles. The van der Waals surface area contributed by atoms with Gasteiger partial charge >= 0.3 is 11.9 Å². The third-order valence-corrected chi connectivity index (χ3v) is 12.7. The van der Waals surface area contributed by atoms with Crippen LogP contribution in [0.4, 0.5) is 5.69 Å². The fraction of sp³-hybridized carbons (Fsp3) is 0.514. The van der Waals surface area contributed by atoms with Gasteiger partial charge in [0.05, 0.1) is 35.2 Å². The Balaban J connectivity index is 0.000000174. The highest BCUT2D eigenvalue weighted by Crippen LogP contribution is 2.29. The number of H-pyrrole nitrogens is 1. The van der Waals surface area contributed by atoms with Crippen LogP contribution in [-0.2, 0) is 50.3 Å². The van der Waals surface area contributed by atoms with E-state index in [-0.39, 0.29) is 52.0 Å². The van der Waals surface area contributed by atoms with Crippen LogP contribution >= 0.6 is 0 Å². The Morgan fingerprint density at radius 1 is 0.804 bits per heavy atom. The maximum absolute atomic E-state index is 12.5. The summed E-state index contributed by atoms with van der Waals surface area (Å²) in [6.45, 7) is 2.00. The average Bonchev–Trinajstić information content (AvgIpc) is 3.91. The zero-order chi connectivity index (χ0) is 36.6. The Morgan fingerprint density at radius 3 is 1.92 bits per heavy atom. The number of carbonyl (C=O) groups is 3. The lowest BCUT2D eigenvalue weighted by atomic mass is 9.86. The SMILES string of the molecule is C1CCOC1.COC(=O)C1CCC(NS(=O)(=O)c2ccc3c(c2)CC(=O)N3)CC1.O=C(O)C1CCC(NS(=O)(=O)c2ccc3[nH]ccc3c2)CC1. The quantitative estimate of drug-likeness (QED) is 0.209. The van der Waals surface area contributed by atoms with Crippen LogP contribution in [0.2, 0.25) is 0 Å². The summed E-state index contributed by atoms with van der Waals surface area (Å²) in [6, 6.07) is 11.0. The molecule has 1 saturated heterocycles. The largest absolute Gasteiger partial charge is 0.481 e. The maximum atomic E-state index is 12.5. The molecule has 0 radical (unpaired) electrons. The summed E-state index contributed by atoms with van der Waals surface area (Å²) in [5.41, 5.74) is 2.25. The second-order valence-corrected chi connectivity index (χ2v) is 16.7. The molecule has 51 heavy (non-hydrogen) atoms. The maximum Gasteiger partial charge on any atom is 0.308 e. The van der Waals surface area contributed by atoms with Crippen molar-refractivity contribution >= 4 is 54.5 Å². The molecular formula is C35H46N4O10S2. The number of carboxylic acid groups (broad SMARTS) is 1. The molecular weight excluding hydrogens is 701 g/mol. The van der Waals surface area contributed by atoms with Crippen molar-refractivity contribution < 1.29 is 45.8 Å². The molecule has 14 nitrogen and oxygen atoms in total. The van der Waals surface area contributed by atoms with E-state index in [4.69, 9.17) is 14.6 Å². The van der Waals surface area contributed by atoms with Crippen molar-refractivity contribution in [2.75, 3.05) is 25.6 Å². The van der Waals surface area contributed by atoms with E-state index in [2.05, 4.69) is 19.7 Å². The molecule has 3 aromatic rings. The van der Waals surface area contributed by atoms with Gasteiger partial charge in [-0.05, 0) is 112 Å². The summed E-state index contributed by atoms with van der Waals surface area (Å²) < 4.78 is 65.1. The van der Waals surface area contributed by atoms with Gasteiger partial charge in [-0.3, -0.25) is 14.4 Å². The number of esters is 1. The highest BCUT2D eigenvalue weighted by Gasteiger charge is 2.31. The number of sulfonamides is 2. The minimum Gasteiger partial charge on any atom is -0.481 e. The summed E-state index contributed by atoms with van der Waals surface area (Å²) in [5, 5.41) is 12.5. The predicted molar refractivity (Wildman–Crippen MR) is 189 cm³/mol. The van der Waals surface area contributed by atoms with Crippen molar-refractivity contribution in [3.63, 3.8) is 0 Å². The first-order valence-corrected chi connectivity index (χ1v) is 20.2. The summed E-state index contributed by atoms with van der Waals surface area (Å²) in [5.74, 6) is -1.65. The van der Waals surface area contributed by atoms with Crippen molar-refractivity contribution in [2.45, 2.75) is 92.5 Å². The molecule has 2 aliphatic heterocycles. The first kappa shape index (κ1) is 38.4. The molecule has 278 valence electrons. The molecule has 0 spiro atoms. The second kappa shape index (κ2) is 17.1. The molecule has 2 aromatic carbocycles. The van der Waals surface area contributed by atoms with E-state index < -0.39 is 26.0 Å². The Bertz CT molecular complexity index is 1900. The van der Waals surface area contributed by atoms with Gasteiger partial charge in [0.2, 0.25) is 26.0 Å². The Morgan fingerprint density at radius 2 is 1.37 bits per heavy atom. The van der Waals surface area contributed by atoms with Crippen molar-refractivity contribution in [3.05, 3.63) is 54.2 Å². The topological polar surface area (TPSA) is 210 Å². The number of fused-ring (bicyclic) bond motifs is 2. The monoisotopic (exact) mass is 746 g/mol. The number of carboxylic acids is 1. The van der Waals surface area contributed by atoms with E-state index in [0.29, 0.717) is 62.6 Å². The molecule has 1 aromatic heterocycles. The number of hydrogen-bond acceptors (Lipinski definition) is 9. The lowest BCUT2D eigenvalue weighted by Crippen LogP contribution is -2.38. The number of hydrogen-bond donors (Lipinski definition) is 5. The zero-order valence-electron chi connectivity index (χ0n) is 28.6. The van der Waals surface area contributed by atoms with Gasteiger partial charge in [-0.1, -0.05) is 0 Å². The fourth-order valence-corrected chi connectivity index (χ4v) is 9.42. The van der Waals surface area contributed by atoms with Crippen LogP contribution in [-0.4, -0.2) is 77.2 Å². The molecule has 3 fully saturated rings. The van der Waals surface area contributed by atoms with Gasteiger partial charge in [-0.15, -0.1) is 0 Å². The third-order valence-electron chi connectivity index (χ3n) is 9.66. The Labute approximate surface area is 298 Å². The molecule has 0 bridgehead atoms. The van der Waals surface area contributed by atoms with Crippen LogP contribution < -0.4 is 14.8 Å². The molecule has 4 aliphatic rings. The Hall–Kier alpha value is -3.83. The molecule has 5 N–H and O–H groups in total. The molecule has 16 heteroatoms. The number of nitrogens with one attached hydrogen (secondary N) is 4. The third kappa shape index (κ3) is 10.4. The molecule has 1 amide bonds. The second-order valence-electron chi connectivity index (χ2n) is 13.3. The van der Waals surface area contributed by atoms with E-state index in [1.165, 1.54) is 32.1 Å². The van der Waals surface area contributed by atoms with Gasteiger partial charge in [0.15, 0.2) is 0 Å². The number of ether oxygens (including phenoxy) is 2. The molecule has 0 atom stereocenters. The van der Waals surface area contributed by atoms with Crippen LogP contribution in [0.5, 0.6) is 0 Å². The lowest BCUT2D eigenvalue weighted by Gasteiger charge is -2.27. The van der Waals surface area contributed by atoms with Crippen LogP contribution in [0.25, 0.3) is 10.9 Å². The molecule has 0 unspecified atom stereocenters. The number of rotatable bonds is 8. The minimum absolute atomic E-state index is 0.131. The normalized spacial score (nSPS) is 23.2. The number of aromatic amines is 1. The van der Waals surface area contributed by atoms with Crippen LogP contribution in [0, 0.1) is 11.8 Å². The van der Waals surface area contributed by atoms with E-state index >= 15 is 0 Å². The number of aliphatic carboxylic acids is 1. The Kier molecular flexibility index (Phi) is 12.9. The molecule has 7 rings (SSSR count). The first-order valence-electron chi connectivity index (χ1n) is 17.3. The summed E-state index contributed by atoms with van der Waals surface area (Å²) in [4.78, 5) is 37.2. The van der Waals surface area contributed by atoms with Crippen LogP contribution in [0.3, 0.4) is 0 Å². The van der Waals surface area contributed by atoms with Crippen LogP contribution in [0.15, 0.2) is 58.5 Å². The zero-order valence-corrected chi connectivity index (χ0v) is 30.2. The number of aromatic nitrogens is 1. The standard InChI is InChI=1S/C16H20N2O5S.C15H18N2O4S.C4H8O/c1-23-16(20)10-2-4-12(5-3-10)18-24(21,22)13-6-7-14-11(8-13)9-15(19)17-14;18-15(19)10-1-3-12(4-2-10)17-22(20,21)13-5-6-14-11(9-13)7-8-16-14;1-2-4-5-3-1/h6-8,10,12,18H,2-5,9H2,1H3,(H,17,19);5-10,12,16-17H,1-4H2,(H,18,19);1-4H2. The van der Waals surface area contributed by atoms with E-state index in [0.717, 1.165) is 24.1 Å². The molecule has 2 aliphatic carbocycles. The van der Waals surface area contributed by atoms with Gasteiger partial charge in [0, 0.05) is 48.1 Å². The smallest absolute Gasteiger partial charge is 0.308 e. The fourth-order valence-electron chi connectivity index (χ4n) is 6.73. The summed E-state index contributed by atoms with van der Waals surface area (Å²) in [7, 11) is -5.86. The van der Waals surface area contributed by atoms with Crippen molar-refractivity contribution in [2.24, 2.45) is 11.8 Å². The first-order chi connectivity index (χ1) is 24.3. The number of carbonyl (C=O) groups excluding carboxylic acids is 2. The van der Waals surface area contributed by atoms with Crippen molar-refractivity contribution in [1.82, 2.24) is 14.4 Å².